The number of pyridine rings is 2. The second kappa shape index (κ2) is 14.8. The van der Waals surface area contributed by atoms with Gasteiger partial charge < -0.3 is 23.5 Å². The summed E-state index contributed by atoms with van der Waals surface area (Å²) in [6.45, 7) is 9.37. The lowest BCUT2D eigenvalue weighted by Crippen LogP contribution is -2.30. The van der Waals surface area contributed by atoms with Crippen molar-refractivity contribution in [1.82, 2.24) is 9.55 Å². The molecule has 0 N–H and O–H groups in total. The van der Waals surface area contributed by atoms with Crippen LogP contribution in [0.15, 0.2) is 53.6 Å². The molecule has 0 radical (unpaired) electrons. The third-order valence-corrected chi connectivity index (χ3v) is 7.44. The smallest absolute Gasteiger partial charge is 0.343 e. The molecule has 8 nitrogen and oxygen atoms in total. The maximum Gasteiger partial charge on any atom is 0.343 e. The van der Waals surface area contributed by atoms with Gasteiger partial charge in [0, 0.05) is 32.4 Å². The second-order valence-electron chi connectivity index (χ2n) is 10.3. The predicted molar refractivity (Wildman–Crippen MR) is 164 cm³/mol. The highest BCUT2D eigenvalue weighted by Gasteiger charge is 2.30. The van der Waals surface area contributed by atoms with Crippen molar-refractivity contribution in [3.05, 3.63) is 84.6 Å². The molecule has 2 heterocycles. The first-order chi connectivity index (χ1) is 19.0. The highest BCUT2D eigenvalue weighted by molar-refractivity contribution is 14.1. The fraction of sp³-hybridized carbons (Fsp3) is 0.433. The Hall–Kier alpha value is -2.63. The first-order valence-corrected chi connectivity index (χ1v) is 14.6. The average Bonchev–Trinajstić information content (AvgIpc) is 2.91. The number of nitrogens with zero attached hydrogens (tertiary/aromatic N) is 2. The van der Waals surface area contributed by atoms with Gasteiger partial charge in [-0.15, -0.1) is 0 Å². The number of halogens is 2. The summed E-state index contributed by atoms with van der Waals surface area (Å²) in [5.74, 6) is -0.108. The van der Waals surface area contributed by atoms with E-state index in [0.29, 0.717) is 30.5 Å². The topological polar surface area (TPSA) is 88.9 Å². The van der Waals surface area contributed by atoms with Gasteiger partial charge in [-0.3, -0.25) is 4.79 Å². The zero-order chi connectivity index (χ0) is 29.3. The molecule has 1 atom stereocenters. The number of aromatic nitrogens is 2. The monoisotopic (exact) mass is 682 g/mol. The van der Waals surface area contributed by atoms with Crippen LogP contribution in [-0.2, 0) is 22.5 Å². The van der Waals surface area contributed by atoms with Crippen LogP contribution >= 0.6 is 34.2 Å². The number of methoxy groups -OCH3 is 1. The van der Waals surface area contributed by atoms with Gasteiger partial charge in [-0.2, -0.15) is 0 Å². The molecule has 0 saturated heterocycles. The van der Waals surface area contributed by atoms with Crippen molar-refractivity contribution in [1.29, 1.82) is 0 Å². The number of esters is 1. The Morgan fingerprint density at radius 1 is 1.10 bits per heavy atom. The van der Waals surface area contributed by atoms with Gasteiger partial charge in [0.25, 0.3) is 0 Å². The molecule has 40 heavy (non-hydrogen) atoms. The van der Waals surface area contributed by atoms with Crippen LogP contribution in [0.2, 0.25) is 5.15 Å². The van der Waals surface area contributed by atoms with Crippen molar-refractivity contribution in [3.8, 4) is 11.5 Å². The van der Waals surface area contributed by atoms with Crippen molar-refractivity contribution >= 4 is 40.2 Å². The Kier molecular flexibility index (Phi) is 11.8. The van der Waals surface area contributed by atoms with Crippen LogP contribution < -0.4 is 14.9 Å². The Morgan fingerprint density at radius 3 is 2.48 bits per heavy atom. The number of hydrogen-bond acceptors (Lipinski definition) is 7. The quantitative estimate of drug-likeness (QED) is 0.0880. The summed E-state index contributed by atoms with van der Waals surface area (Å²) in [6.07, 6.45) is 4.48. The first-order valence-electron chi connectivity index (χ1n) is 13.1. The van der Waals surface area contributed by atoms with Crippen molar-refractivity contribution in [2.24, 2.45) is 5.41 Å². The van der Waals surface area contributed by atoms with Crippen LogP contribution in [0.3, 0.4) is 0 Å². The zero-order valence-electron chi connectivity index (χ0n) is 23.5. The van der Waals surface area contributed by atoms with E-state index in [4.69, 9.17) is 30.5 Å². The molecule has 0 saturated carbocycles. The molecule has 0 bridgehead atoms. The van der Waals surface area contributed by atoms with E-state index in [1.165, 1.54) is 0 Å². The molecule has 0 aliphatic carbocycles. The van der Waals surface area contributed by atoms with Gasteiger partial charge in [0.15, 0.2) is 16.7 Å². The minimum absolute atomic E-state index is 0.0762. The highest BCUT2D eigenvalue weighted by atomic mass is 127. The average molecular weight is 683 g/mol. The SMILES string of the molecule is CCOC(=O)c1cn([C@@H](Cc2cc(OCCCOC)c(Cl)nc2I)C(C)(C)C)cc(OCc2ccccc2)c1=O. The predicted octanol–water partition coefficient (Wildman–Crippen LogP) is 6.50. The van der Waals surface area contributed by atoms with Gasteiger partial charge in [-0.1, -0.05) is 62.7 Å². The maximum absolute atomic E-state index is 13.3. The molecule has 10 heteroatoms. The fourth-order valence-electron chi connectivity index (χ4n) is 4.13. The summed E-state index contributed by atoms with van der Waals surface area (Å²) >= 11 is 8.55. The molecule has 0 spiro atoms. The minimum Gasteiger partial charge on any atom is -0.490 e. The number of hydrogen-bond donors (Lipinski definition) is 0. The fourth-order valence-corrected chi connectivity index (χ4v) is 5.08. The zero-order valence-corrected chi connectivity index (χ0v) is 26.5. The van der Waals surface area contributed by atoms with Crippen LogP contribution in [0.25, 0.3) is 0 Å². The number of carbonyl (C=O) groups is 1. The Bertz CT molecular complexity index is 1340. The van der Waals surface area contributed by atoms with Gasteiger partial charge in [-0.25, -0.2) is 9.78 Å². The number of rotatable bonds is 13. The molecular formula is C30H36ClIN2O6. The molecule has 1 aromatic carbocycles. The number of carbonyl (C=O) groups excluding carboxylic acids is 1. The van der Waals surface area contributed by atoms with Gasteiger partial charge in [0.2, 0.25) is 5.43 Å². The molecule has 0 aliphatic heterocycles. The van der Waals surface area contributed by atoms with E-state index in [0.717, 1.165) is 21.2 Å². The van der Waals surface area contributed by atoms with E-state index < -0.39 is 11.4 Å². The van der Waals surface area contributed by atoms with Crippen molar-refractivity contribution < 1.29 is 23.7 Å². The summed E-state index contributed by atoms with van der Waals surface area (Å²) in [7, 11) is 1.65. The molecule has 0 unspecified atom stereocenters. The molecule has 0 amide bonds. The van der Waals surface area contributed by atoms with Crippen LogP contribution in [0.5, 0.6) is 11.5 Å². The Morgan fingerprint density at radius 2 is 1.82 bits per heavy atom. The first kappa shape index (κ1) is 31.9. The van der Waals surface area contributed by atoms with E-state index in [1.54, 1.807) is 26.4 Å². The summed E-state index contributed by atoms with van der Waals surface area (Å²) in [4.78, 5) is 30.6. The lowest BCUT2D eigenvalue weighted by Gasteiger charge is -2.34. The van der Waals surface area contributed by atoms with Crippen LogP contribution in [-0.4, -0.2) is 42.5 Å². The summed E-state index contributed by atoms with van der Waals surface area (Å²) in [5.41, 5.74) is 0.956. The minimum atomic E-state index is -0.687. The van der Waals surface area contributed by atoms with Crippen molar-refractivity contribution in [3.63, 3.8) is 0 Å². The molecule has 3 aromatic rings. The molecule has 3 rings (SSSR count). The number of benzene rings is 1. The molecule has 216 valence electrons. The van der Waals surface area contributed by atoms with E-state index in [1.807, 2.05) is 41.0 Å². The van der Waals surface area contributed by atoms with Gasteiger partial charge in [-0.05, 0) is 58.5 Å². The van der Waals surface area contributed by atoms with E-state index in [-0.39, 0.29) is 36.0 Å². The summed E-state index contributed by atoms with van der Waals surface area (Å²) in [5, 5.41) is 0.294. The maximum atomic E-state index is 13.3. The van der Waals surface area contributed by atoms with Crippen LogP contribution in [0.1, 0.15) is 61.6 Å². The summed E-state index contributed by atoms with van der Waals surface area (Å²) < 4.78 is 24.8. The molecule has 0 aliphatic rings. The van der Waals surface area contributed by atoms with Gasteiger partial charge in [0.05, 0.1) is 19.4 Å². The largest absolute Gasteiger partial charge is 0.490 e. The lowest BCUT2D eigenvalue weighted by atomic mass is 9.83. The Balaban J connectivity index is 2.02. The highest BCUT2D eigenvalue weighted by Crippen LogP contribution is 2.37. The molecule has 2 aromatic heterocycles. The number of ether oxygens (including phenoxy) is 4. The second-order valence-corrected chi connectivity index (χ2v) is 11.7. The van der Waals surface area contributed by atoms with Gasteiger partial charge in [0.1, 0.15) is 15.9 Å². The molecular weight excluding hydrogens is 647 g/mol. The van der Waals surface area contributed by atoms with Crippen LogP contribution in [0, 0.1) is 9.12 Å². The van der Waals surface area contributed by atoms with Gasteiger partial charge >= 0.3 is 5.97 Å². The van der Waals surface area contributed by atoms with Crippen LogP contribution in [0.4, 0.5) is 0 Å². The third-order valence-electron chi connectivity index (χ3n) is 6.24. The lowest BCUT2D eigenvalue weighted by molar-refractivity contribution is 0.0522. The molecule has 0 fully saturated rings. The van der Waals surface area contributed by atoms with Crippen molar-refractivity contribution in [2.75, 3.05) is 26.9 Å². The van der Waals surface area contributed by atoms with E-state index >= 15 is 0 Å². The third kappa shape index (κ3) is 8.68. The normalized spacial score (nSPS) is 12.2. The van der Waals surface area contributed by atoms with E-state index in [2.05, 4.69) is 48.3 Å². The van der Waals surface area contributed by atoms with Crippen molar-refractivity contribution in [2.45, 2.75) is 53.2 Å². The Labute approximate surface area is 254 Å². The summed E-state index contributed by atoms with van der Waals surface area (Å²) in [6, 6.07) is 11.3. The standard InChI is InChI=1S/C30H36ClIN2O6/c1-6-38-29(36)22-17-34(18-24(26(22)35)40-19-20-11-8-7-9-12-20)25(30(2,3)4)16-21-15-23(27(31)33-28(21)32)39-14-10-13-37-5/h7-9,11-12,15,17-18,25H,6,10,13-14,16,19H2,1-5H3/t25-/m0/s1. The van der Waals surface area contributed by atoms with E-state index in [9.17, 15) is 9.59 Å².